The Morgan fingerprint density at radius 3 is 2.89 bits per heavy atom. The highest BCUT2D eigenvalue weighted by molar-refractivity contribution is 7.14. The van der Waals surface area contributed by atoms with Crippen molar-refractivity contribution in [1.29, 1.82) is 0 Å². The molecule has 0 aliphatic heterocycles. The molecule has 3 aromatic rings. The number of thiophene rings is 1. The van der Waals surface area contributed by atoms with Crippen molar-refractivity contribution in [2.75, 3.05) is 5.73 Å². The molecule has 0 saturated heterocycles. The van der Waals surface area contributed by atoms with Gasteiger partial charge in [0.1, 0.15) is 5.82 Å². The molecule has 2 N–H and O–H groups in total. The van der Waals surface area contributed by atoms with Gasteiger partial charge in [0.2, 0.25) is 0 Å². The number of aryl methyl sites for hydroxylation is 1. The number of fused-ring (bicyclic) bond motifs is 1. The van der Waals surface area contributed by atoms with Crippen LogP contribution in [0.25, 0.3) is 21.7 Å². The summed E-state index contributed by atoms with van der Waals surface area (Å²) in [5.74, 6) is 0.563. The van der Waals surface area contributed by atoms with Crippen LogP contribution in [-0.4, -0.2) is 9.55 Å². The SMILES string of the molecule is CCn1c(-c2sccc2N)nc2ccc(F)cc21. The van der Waals surface area contributed by atoms with Crippen LogP contribution in [0.15, 0.2) is 29.6 Å². The highest BCUT2D eigenvalue weighted by Crippen LogP contribution is 2.33. The second-order valence-corrected chi connectivity index (χ2v) is 4.93. The third-order valence-corrected chi connectivity index (χ3v) is 3.85. The molecule has 3 rings (SSSR count). The first-order valence-electron chi connectivity index (χ1n) is 5.70. The van der Waals surface area contributed by atoms with Gasteiger partial charge in [-0.05, 0) is 36.6 Å². The molecule has 0 spiro atoms. The minimum Gasteiger partial charge on any atom is -0.397 e. The monoisotopic (exact) mass is 261 g/mol. The number of imidazole rings is 1. The fourth-order valence-electron chi connectivity index (χ4n) is 2.09. The van der Waals surface area contributed by atoms with Gasteiger partial charge in [-0.2, -0.15) is 0 Å². The van der Waals surface area contributed by atoms with E-state index in [1.165, 1.54) is 12.1 Å². The van der Waals surface area contributed by atoms with Gasteiger partial charge in [-0.1, -0.05) is 0 Å². The Morgan fingerprint density at radius 2 is 2.22 bits per heavy atom. The molecule has 1 aromatic carbocycles. The molecule has 0 bridgehead atoms. The molecule has 2 aromatic heterocycles. The summed E-state index contributed by atoms with van der Waals surface area (Å²) in [5, 5.41) is 1.94. The van der Waals surface area contributed by atoms with E-state index in [0.29, 0.717) is 5.69 Å². The zero-order valence-electron chi connectivity index (χ0n) is 9.85. The molecule has 2 heterocycles. The molecule has 0 unspecified atom stereocenters. The number of nitrogen functional groups attached to an aromatic ring is 1. The Labute approximate surface area is 108 Å². The molecule has 18 heavy (non-hydrogen) atoms. The van der Waals surface area contributed by atoms with Crippen LogP contribution in [0.5, 0.6) is 0 Å². The number of hydrogen-bond acceptors (Lipinski definition) is 3. The van der Waals surface area contributed by atoms with Crippen molar-refractivity contribution in [3.05, 3.63) is 35.5 Å². The Bertz CT molecular complexity index is 714. The lowest BCUT2D eigenvalue weighted by molar-refractivity contribution is 0.628. The van der Waals surface area contributed by atoms with Gasteiger partial charge in [0.15, 0.2) is 5.82 Å². The van der Waals surface area contributed by atoms with Crippen molar-refractivity contribution in [1.82, 2.24) is 9.55 Å². The third-order valence-electron chi connectivity index (χ3n) is 2.93. The summed E-state index contributed by atoms with van der Waals surface area (Å²) >= 11 is 1.55. The predicted molar refractivity (Wildman–Crippen MR) is 73.1 cm³/mol. The van der Waals surface area contributed by atoms with Gasteiger partial charge in [0.25, 0.3) is 0 Å². The van der Waals surface area contributed by atoms with E-state index >= 15 is 0 Å². The maximum absolute atomic E-state index is 13.3. The average Bonchev–Trinajstić information content (AvgIpc) is 2.91. The maximum atomic E-state index is 13.3. The number of hydrogen-bond donors (Lipinski definition) is 1. The van der Waals surface area contributed by atoms with E-state index in [0.717, 1.165) is 28.3 Å². The number of aromatic nitrogens is 2. The van der Waals surface area contributed by atoms with Crippen molar-refractivity contribution in [3.63, 3.8) is 0 Å². The molecule has 0 aliphatic rings. The number of benzene rings is 1. The molecule has 0 saturated carbocycles. The van der Waals surface area contributed by atoms with E-state index in [9.17, 15) is 4.39 Å². The first kappa shape index (κ1) is 11.2. The van der Waals surface area contributed by atoms with Crippen LogP contribution in [0.1, 0.15) is 6.92 Å². The quantitative estimate of drug-likeness (QED) is 0.767. The topological polar surface area (TPSA) is 43.8 Å². The Hall–Kier alpha value is -1.88. The van der Waals surface area contributed by atoms with Crippen LogP contribution >= 0.6 is 11.3 Å². The summed E-state index contributed by atoms with van der Waals surface area (Å²) in [6.07, 6.45) is 0. The van der Waals surface area contributed by atoms with Crippen molar-refractivity contribution in [3.8, 4) is 10.7 Å². The number of anilines is 1. The van der Waals surface area contributed by atoms with E-state index in [1.807, 2.05) is 22.9 Å². The summed E-state index contributed by atoms with van der Waals surface area (Å²) in [5.41, 5.74) is 8.24. The van der Waals surface area contributed by atoms with Crippen LogP contribution in [-0.2, 0) is 6.54 Å². The second kappa shape index (κ2) is 4.10. The molecule has 0 aliphatic carbocycles. The first-order chi connectivity index (χ1) is 8.70. The minimum absolute atomic E-state index is 0.247. The van der Waals surface area contributed by atoms with E-state index in [4.69, 9.17) is 5.73 Å². The summed E-state index contributed by atoms with van der Waals surface area (Å²) in [4.78, 5) is 5.49. The lowest BCUT2D eigenvalue weighted by atomic mass is 10.3. The van der Waals surface area contributed by atoms with Gasteiger partial charge in [0, 0.05) is 6.54 Å². The van der Waals surface area contributed by atoms with Crippen LogP contribution in [0, 0.1) is 5.82 Å². The van der Waals surface area contributed by atoms with E-state index in [-0.39, 0.29) is 5.82 Å². The summed E-state index contributed by atoms with van der Waals surface area (Å²) < 4.78 is 15.3. The number of rotatable bonds is 2. The Balaban J connectivity index is 2.33. The zero-order valence-corrected chi connectivity index (χ0v) is 10.7. The molecule has 0 atom stereocenters. The van der Waals surface area contributed by atoms with Gasteiger partial charge >= 0.3 is 0 Å². The first-order valence-corrected chi connectivity index (χ1v) is 6.57. The molecular weight excluding hydrogens is 249 g/mol. The van der Waals surface area contributed by atoms with Gasteiger partial charge in [-0.25, -0.2) is 9.37 Å². The Kier molecular flexibility index (Phi) is 2.56. The fraction of sp³-hybridized carbons (Fsp3) is 0.154. The van der Waals surface area contributed by atoms with E-state index < -0.39 is 0 Å². The highest BCUT2D eigenvalue weighted by atomic mass is 32.1. The second-order valence-electron chi connectivity index (χ2n) is 4.02. The molecule has 92 valence electrons. The van der Waals surface area contributed by atoms with Crippen molar-refractivity contribution >= 4 is 28.1 Å². The van der Waals surface area contributed by atoms with Crippen LogP contribution < -0.4 is 5.73 Å². The number of nitrogens with zero attached hydrogens (tertiary/aromatic N) is 2. The van der Waals surface area contributed by atoms with Gasteiger partial charge in [-0.15, -0.1) is 11.3 Å². The summed E-state index contributed by atoms with van der Waals surface area (Å²) in [6.45, 7) is 2.74. The van der Waals surface area contributed by atoms with Crippen molar-refractivity contribution < 1.29 is 4.39 Å². The van der Waals surface area contributed by atoms with Crippen molar-refractivity contribution in [2.45, 2.75) is 13.5 Å². The largest absolute Gasteiger partial charge is 0.397 e. The van der Waals surface area contributed by atoms with Crippen LogP contribution in [0.3, 0.4) is 0 Å². The van der Waals surface area contributed by atoms with E-state index in [2.05, 4.69) is 4.98 Å². The van der Waals surface area contributed by atoms with Crippen molar-refractivity contribution in [2.24, 2.45) is 0 Å². The van der Waals surface area contributed by atoms with Gasteiger partial charge < -0.3 is 10.3 Å². The normalized spacial score (nSPS) is 11.2. The number of nitrogens with two attached hydrogens (primary N) is 1. The van der Waals surface area contributed by atoms with Gasteiger partial charge in [-0.3, -0.25) is 0 Å². The predicted octanol–water partition coefficient (Wildman–Crippen LogP) is 3.51. The van der Waals surface area contributed by atoms with Gasteiger partial charge in [0.05, 0.1) is 21.6 Å². The zero-order chi connectivity index (χ0) is 12.7. The lowest BCUT2D eigenvalue weighted by Crippen LogP contribution is -1.98. The highest BCUT2D eigenvalue weighted by Gasteiger charge is 2.15. The lowest BCUT2D eigenvalue weighted by Gasteiger charge is -2.04. The van der Waals surface area contributed by atoms with Crippen LogP contribution in [0.2, 0.25) is 0 Å². The standard InChI is InChI=1S/C13H12FN3S/c1-2-17-11-7-8(14)3-4-10(11)16-13(17)12-9(15)5-6-18-12/h3-7H,2,15H2,1H3. The molecule has 5 heteroatoms. The smallest absolute Gasteiger partial charge is 0.153 e. The molecule has 0 radical (unpaired) electrons. The van der Waals surface area contributed by atoms with Crippen LogP contribution in [0.4, 0.5) is 10.1 Å². The third kappa shape index (κ3) is 1.59. The molecular formula is C13H12FN3S. The number of halogens is 1. The maximum Gasteiger partial charge on any atom is 0.153 e. The minimum atomic E-state index is -0.247. The average molecular weight is 261 g/mol. The Morgan fingerprint density at radius 1 is 1.39 bits per heavy atom. The summed E-state index contributed by atoms with van der Waals surface area (Å²) in [7, 11) is 0. The fourth-order valence-corrected chi connectivity index (χ4v) is 2.91. The summed E-state index contributed by atoms with van der Waals surface area (Å²) in [6, 6.07) is 6.50. The van der Waals surface area contributed by atoms with E-state index in [1.54, 1.807) is 17.4 Å². The molecule has 3 nitrogen and oxygen atoms in total. The molecule has 0 fully saturated rings. The molecule has 0 amide bonds.